The van der Waals surface area contributed by atoms with Crippen LogP contribution in [0.2, 0.25) is 0 Å². The molecular weight excluding hydrogens is 248 g/mol. The van der Waals surface area contributed by atoms with Crippen LogP contribution < -0.4 is 10.6 Å². The number of anilines is 1. The van der Waals surface area contributed by atoms with Gasteiger partial charge < -0.3 is 5.32 Å². The van der Waals surface area contributed by atoms with Gasteiger partial charge in [-0.2, -0.15) is 11.8 Å². The molecule has 1 aromatic rings. The van der Waals surface area contributed by atoms with Crippen molar-refractivity contribution in [2.45, 2.75) is 24.6 Å². The summed E-state index contributed by atoms with van der Waals surface area (Å²) in [6.07, 6.45) is 1.13. The van der Waals surface area contributed by atoms with Crippen molar-refractivity contribution >= 4 is 29.3 Å². The molecule has 1 aromatic carbocycles. The van der Waals surface area contributed by atoms with Crippen LogP contribution in [0.1, 0.15) is 34.1 Å². The Morgan fingerprint density at radius 2 is 2.06 bits per heavy atom. The van der Waals surface area contributed by atoms with Gasteiger partial charge >= 0.3 is 0 Å². The Morgan fingerprint density at radius 1 is 1.28 bits per heavy atom. The lowest BCUT2D eigenvalue weighted by Crippen LogP contribution is -2.24. The number of fused-ring (bicyclic) bond motifs is 1. The summed E-state index contributed by atoms with van der Waals surface area (Å²) in [5.74, 6) is 0.571. The van der Waals surface area contributed by atoms with Gasteiger partial charge in [0, 0.05) is 17.0 Å². The largest absolute Gasteiger partial charge is 0.381 e. The maximum atomic E-state index is 11.6. The molecule has 94 valence electrons. The summed E-state index contributed by atoms with van der Waals surface area (Å²) in [4.78, 5) is 23.0. The molecule has 1 fully saturated rings. The van der Waals surface area contributed by atoms with E-state index in [2.05, 4.69) is 17.6 Å². The number of rotatable bonds is 2. The molecule has 5 heteroatoms. The molecule has 18 heavy (non-hydrogen) atoms. The fraction of sp³-hybridized carbons (Fsp3) is 0.385. The summed E-state index contributed by atoms with van der Waals surface area (Å²) >= 11 is 1.96. The summed E-state index contributed by atoms with van der Waals surface area (Å²) in [7, 11) is 0. The third-order valence-electron chi connectivity index (χ3n) is 3.46. The van der Waals surface area contributed by atoms with Crippen LogP contribution in [0, 0.1) is 0 Å². The minimum Gasteiger partial charge on any atom is -0.381 e. The molecule has 2 atom stereocenters. The maximum absolute atomic E-state index is 11.6. The highest BCUT2D eigenvalue weighted by atomic mass is 32.2. The minimum absolute atomic E-state index is 0.299. The monoisotopic (exact) mass is 262 g/mol. The molecular formula is C13H14N2O2S. The van der Waals surface area contributed by atoms with Gasteiger partial charge in [-0.3, -0.25) is 14.9 Å². The molecule has 1 saturated heterocycles. The normalized spacial score (nSPS) is 26.1. The van der Waals surface area contributed by atoms with Crippen molar-refractivity contribution in [1.82, 2.24) is 5.32 Å². The molecule has 0 radical (unpaired) electrons. The smallest absolute Gasteiger partial charge is 0.259 e. The number of carbonyl (C=O) groups is 2. The second-order valence-corrected chi connectivity index (χ2v) is 6.14. The quantitative estimate of drug-likeness (QED) is 0.799. The molecule has 0 aromatic heterocycles. The average Bonchev–Trinajstić information content (AvgIpc) is 2.86. The van der Waals surface area contributed by atoms with Gasteiger partial charge in [0.1, 0.15) is 0 Å². The van der Waals surface area contributed by atoms with Crippen molar-refractivity contribution in [3.8, 4) is 0 Å². The molecule has 2 aliphatic heterocycles. The Morgan fingerprint density at radius 3 is 2.78 bits per heavy atom. The zero-order chi connectivity index (χ0) is 12.7. The average molecular weight is 262 g/mol. The molecule has 0 saturated carbocycles. The van der Waals surface area contributed by atoms with E-state index in [0.29, 0.717) is 22.4 Å². The van der Waals surface area contributed by atoms with E-state index in [9.17, 15) is 9.59 Å². The summed E-state index contributed by atoms with van der Waals surface area (Å²) in [6.45, 7) is 2.21. The highest BCUT2D eigenvalue weighted by molar-refractivity contribution is 8.00. The minimum atomic E-state index is -0.300. The van der Waals surface area contributed by atoms with Gasteiger partial charge in [-0.05, 0) is 30.4 Å². The van der Waals surface area contributed by atoms with Crippen LogP contribution in [-0.2, 0) is 0 Å². The van der Waals surface area contributed by atoms with Crippen LogP contribution in [-0.4, -0.2) is 28.9 Å². The number of nitrogens with one attached hydrogen (secondary N) is 2. The second-order valence-electron chi connectivity index (χ2n) is 4.66. The molecule has 3 rings (SSSR count). The lowest BCUT2D eigenvalue weighted by Gasteiger charge is -2.18. The Hall–Kier alpha value is -1.49. The highest BCUT2D eigenvalue weighted by Crippen LogP contribution is 2.29. The van der Waals surface area contributed by atoms with Crippen LogP contribution in [0.3, 0.4) is 0 Å². The van der Waals surface area contributed by atoms with Gasteiger partial charge in [0.2, 0.25) is 0 Å². The molecule has 0 bridgehead atoms. The summed E-state index contributed by atoms with van der Waals surface area (Å²) in [5, 5.41) is 6.32. The van der Waals surface area contributed by atoms with Crippen molar-refractivity contribution < 1.29 is 9.59 Å². The van der Waals surface area contributed by atoms with Crippen LogP contribution in [0.5, 0.6) is 0 Å². The standard InChI is InChI=1S/C13H14N2O2S/c1-7-11(4-5-18-7)14-8-2-3-9-10(6-8)13(17)15-12(9)16/h2-3,6-7,11,14H,4-5H2,1H3,(H,15,16,17). The van der Waals surface area contributed by atoms with Crippen LogP contribution >= 0.6 is 11.8 Å². The first kappa shape index (κ1) is 11.6. The summed E-state index contributed by atoms with van der Waals surface area (Å²) < 4.78 is 0. The zero-order valence-corrected chi connectivity index (χ0v) is 10.8. The van der Waals surface area contributed by atoms with Gasteiger partial charge in [0.05, 0.1) is 11.1 Å². The summed E-state index contributed by atoms with van der Waals surface area (Å²) in [5.41, 5.74) is 1.86. The Bertz CT molecular complexity index is 530. The van der Waals surface area contributed by atoms with E-state index in [-0.39, 0.29) is 11.8 Å². The number of amides is 2. The van der Waals surface area contributed by atoms with E-state index in [1.54, 1.807) is 12.1 Å². The summed E-state index contributed by atoms with van der Waals surface area (Å²) in [6, 6.07) is 5.79. The first-order chi connectivity index (χ1) is 8.65. The Labute approximate surface area is 110 Å². The fourth-order valence-electron chi connectivity index (χ4n) is 2.39. The van der Waals surface area contributed by atoms with E-state index in [1.165, 1.54) is 5.75 Å². The SMILES string of the molecule is CC1SCCC1Nc1ccc2c(c1)C(=O)NC2=O. The van der Waals surface area contributed by atoms with Crippen molar-refractivity contribution in [2.24, 2.45) is 0 Å². The number of imide groups is 1. The topological polar surface area (TPSA) is 58.2 Å². The molecule has 2 amide bonds. The van der Waals surface area contributed by atoms with E-state index in [4.69, 9.17) is 0 Å². The van der Waals surface area contributed by atoms with E-state index in [0.717, 1.165) is 12.1 Å². The van der Waals surface area contributed by atoms with Crippen molar-refractivity contribution in [3.05, 3.63) is 29.3 Å². The van der Waals surface area contributed by atoms with E-state index < -0.39 is 0 Å². The lowest BCUT2D eigenvalue weighted by atomic mass is 10.1. The molecule has 2 unspecified atom stereocenters. The Balaban J connectivity index is 1.85. The molecule has 2 aliphatic rings. The highest BCUT2D eigenvalue weighted by Gasteiger charge is 2.28. The zero-order valence-electron chi connectivity index (χ0n) is 10.0. The predicted octanol–water partition coefficient (Wildman–Crippen LogP) is 1.88. The van der Waals surface area contributed by atoms with Gasteiger partial charge in [0.15, 0.2) is 0 Å². The van der Waals surface area contributed by atoms with E-state index >= 15 is 0 Å². The lowest BCUT2D eigenvalue weighted by molar-refractivity contribution is 0.0879. The second kappa shape index (κ2) is 4.31. The van der Waals surface area contributed by atoms with Crippen molar-refractivity contribution in [2.75, 3.05) is 11.1 Å². The number of hydrogen-bond acceptors (Lipinski definition) is 4. The van der Waals surface area contributed by atoms with Gasteiger partial charge in [0.25, 0.3) is 11.8 Å². The van der Waals surface area contributed by atoms with Crippen LogP contribution in [0.15, 0.2) is 18.2 Å². The van der Waals surface area contributed by atoms with Crippen LogP contribution in [0.25, 0.3) is 0 Å². The van der Waals surface area contributed by atoms with Crippen LogP contribution in [0.4, 0.5) is 5.69 Å². The van der Waals surface area contributed by atoms with Gasteiger partial charge in [-0.25, -0.2) is 0 Å². The Kier molecular flexibility index (Phi) is 2.78. The van der Waals surface area contributed by atoms with Crippen molar-refractivity contribution in [3.63, 3.8) is 0 Å². The molecule has 0 aliphatic carbocycles. The maximum Gasteiger partial charge on any atom is 0.259 e. The third-order valence-corrected chi connectivity index (χ3v) is 4.79. The predicted molar refractivity (Wildman–Crippen MR) is 72.2 cm³/mol. The molecule has 2 N–H and O–H groups in total. The van der Waals surface area contributed by atoms with Gasteiger partial charge in [-0.1, -0.05) is 6.92 Å². The molecule has 2 heterocycles. The first-order valence-electron chi connectivity index (χ1n) is 6.03. The number of benzene rings is 1. The fourth-order valence-corrected chi connectivity index (χ4v) is 3.59. The third kappa shape index (κ3) is 1.88. The molecule has 0 spiro atoms. The first-order valence-corrected chi connectivity index (χ1v) is 7.08. The molecule has 4 nitrogen and oxygen atoms in total. The number of carbonyl (C=O) groups excluding carboxylic acids is 2. The van der Waals surface area contributed by atoms with Gasteiger partial charge in [-0.15, -0.1) is 0 Å². The van der Waals surface area contributed by atoms with Crippen molar-refractivity contribution in [1.29, 1.82) is 0 Å². The number of thioether (sulfide) groups is 1. The van der Waals surface area contributed by atoms with E-state index in [1.807, 2.05) is 17.8 Å². The number of hydrogen-bond donors (Lipinski definition) is 2.